The molecule has 0 aliphatic carbocycles. The number of carbonyl (C=O) groups is 1. The first-order valence-corrected chi connectivity index (χ1v) is 7.38. The molecule has 0 spiro atoms. The van der Waals surface area contributed by atoms with Crippen LogP contribution in [-0.2, 0) is 11.8 Å². The normalized spacial score (nSPS) is 19.3. The van der Waals surface area contributed by atoms with E-state index in [4.69, 9.17) is 4.74 Å². The molecule has 0 bridgehead atoms. The summed E-state index contributed by atoms with van der Waals surface area (Å²) in [6.07, 6.45) is 4.54. The van der Waals surface area contributed by atoms with Crippen LogP contribution in [0.5, 0.6) is 0 Å². The molecule has 0 radical (unpaired) electrons. The van der Waals surface area contributed by atoms with Crippen molar-refractivity contribution in [2.75, 3.05) is 11.9 Å². The second-order valence-electron chi connectivity index (χ2n) is 5.45. The molecule has 1 saturated heterocycles. The molecule has 6 nitrogen and oxygen atoms in total. The molecule has 116 valence electrons. The van der Waals surface area contributed by atoms with Crippen LogP contribution >= 0.6 is 0 Å². The molecule has 21 heavy (non-hydrogen) atoms. The lowest BCUT2D eigenvalue weighted by Crippen LogP contribution is -2.45. The number of nitrogens with one attached hydrogen (secondary N) is 2. The summed E-state index contributed by atoms with van der Waals surface area (Å²) in [5, 5.41) is 5.58. The first kappa shape index (κ1) is 15.6. The maximum Gasteiger partial charge on any atom is 0.319 e. The Kier molecular flexibility index (Phi) is 5.01. The van der Waals surface area contributed by atoms with E-state index in [9.17, 15) is 9.59 Å². The van der Waals surface area contributed by atoms with Crippen LogP contribution in [0.1, 0.15) is 31.7 Å². The third-order valence-corrected chi connectivity index (χ3v) is 3.89. The lowest BCUT2D eigenvalue weighted by atomic mass is 10.1. The molecule has 2 N–H and O–H groups in total. The van der Waals surface area contributed by atoms with E-state index in [1.54, 1.807) is 26.2 Å². The number of hydrogen-bond acceptors (Lipinski definition) is 3. The molecule has 1 aromatic heterocycles. The summed E-state index contributed by atoms with van der Waals surface area (Å²) in [6.45, 7) is 4.57. The van der Waals surface area contributed by atoms with Crippen molar-refractivity contribution < 1.29 is 9.53 Å². The Morgan fingerprint density at radius 3 is 2.95 bits per heavy atom. The molecule has 1 aliphatic rings. The molecule has 2 atom stereocenters. The van der Waals surface area contributed by atoms with Crippen molar-refractivity contribution in [1.82, 2.24) is 9.88 Å². The van der Waals surface area contributed by atoms with E-state index >= 15 is 0 Å². The van der Waals surface area contributed by atoms with Crippen molar-refractivity contribution in [2.45, 2.75) is 45.3 Å². The van der Waals surface area contributed by atoms with Gasteiger partial charge in [0.15, 0.2) is 0 Å². The van der Waals surface area contributed by atoms with Gasteiger partial charge in [-0.25, -0.2) is 4.79 Å². The third kappa shape index (κ3) is 3.64. The number of anilines is 1. The van der Waals surface area contributed by atoms with Gasteiger partial charge in [-0.15, -0.1) is 0 Å². The number of rotatable bonds is 4. The molecule has 1 fully saturated rings. The van der Waals surface area contributed by atoms with Crippen LogP contribution in [0.4, 0.5) is 10.5 Å². The molecule has 1 aliphatic heterocycles. The monoisotopic (exact) mass is 293 g/mol. The summed E-state index contributed by atoms with van der Waals surface area (Å²) in [4.78, 5) is 24.2. The van der Waals surface area contributed by atoms with Gasteiger partial charge in [0, 0.05) is 19.9 Å². The van der Waals surface area contributed by atoms with Crippen molar-refractivity contribution in [2.24, 2.45) is 7.05 Å². The van der Waals surface area contributed by atoms with Gasteiger partial charge < -0.3 is 19.9 Å². The van der Waals surface area contributed by atoms with Gasteiger partial charge in [0.05, 0.1) is 12.1 Å². The number of urea groups is 1. The first-order valence-electron chi connectivity index (χ1n) is 7.38. The quantitative estimate of drug-likeness (QED) is 0.888. The average molecular weight is 293 g/mol. The van der Waals surface area contributed by atoms with E-state index in [-0.39, 0.29) is 23.7 Å². The van der Waals surface area contributed by atoms with Crippen LogP contribution in [0.2, 0.25) is 0 Å². The SMILES string of the molecule is CC[C@H](NC(=O)Nc1c(C)ccn(C)c1=O)[C@H]1CCCO1. The zero-order valence-electron chi connectivity index (χ0n) is 12.8. The lowest BCUT2D eigenvalue weighted by Gasteiger charge is -2.23. The van der Waals surface area contributed by atoms with Crippen molar-refractivity contribution in [1.29, 1.82) is 0 Å². The number of pyridine rings is 1. The van der Waals surface area contributed by atoms with E-state index in [0.29, 0.717) is 5.69 Å². The molecular weight excluding hydrogens is 270 g/mol. The fraction of sp³-hybridized carbons (Fsp3) is 0.600. The Hall–Kier alpha value is -1.82. The highest BCUT2D eigenvalue weighted by Gasteiger charge is 2.26. The molecule has 0 aromatic carbocycles. The van der Waals surface area contributed by atoms with Crippen molar-refractivity contribution in [3.05, 3.63) is 28.2 Å². The minimum absolute atomic E-state index is 0.0274. The van der Waals surface area contributed by atoms with Crippen LogP contribution in [0, 0.1) is 6.92 Å². The van der Waals surface area contributed by atoms with E-state index in [2.05, 4.69) is 10.6 Å². The zero-order chi connectivity index (χ0) is 15.4. The van der Waals surface area contributed by atoms with Crippen LogP contribution < -0.4 is 16.2 Å². The number of aryl methyl sites for hydroxylation is 2. The number of aromatic nitrogens is 1. The molecule has 2 amide bonds. The van der Waals surface area contributed by atoms with Gasteiger partial charge >= 0.3 is 6.03 Å². The number of ether oxygens (including phenoxy) is 1. The minimum atomic E-state index is -0.358. The minimum Gasteiger partial charge on any atom is -0.376 e. The smallest absolute Gasteiger partial charge is 0.319 e. The van der Waals surface area contributed by atoms with E-state index in [0.717, 1.165) is 31.4 Å². The Balaban J connectivity index is 2.04. The summed E-state index contributed by atoms with van der Waals surface area (Å²) >= 11 is 0. The molecule has 0 saturated carbocycles. The Morgan fingerprint density at radius 1 is 1.57 bits per heavy atom. The van der Waals surface area contributed by atoms with Gasteiger partial charge in [-0.3, -0.25) is 4.79 Å². The number of nitrogens with zero attached hydrogens (tertiary/aromatic N) is 1. The number of carbonyl (C=O) groups excluding carboxylic acids is 1. The van der Waals surface area contributed by atoms with Crippen molar-refractivity contribution in [3.63, 3.8) is 0 Å². The molecule has 2 heterocycles. The van der Waals surface area contributed by atoms with Gasteiger partial charge in [0.1, 0.15) is 5.69 Å². The van der Waals surface area contributed by atoms with Gasteiger partial charge in [-0.2, -0.15) is 0 Å². The van der Waals surface area contributed by atoms with E-state index in [1.165, 1.54) is 4.57 Å². The van der Waals surface area contributed by atoms with Gasteiger partial charge in [0.25, 0.3) is 5.56 Å². The summed E-state index contributed by atoms with van der Waals surface area (Å²) in [6, 6.07) is 1.41. The highest BCUT2D eigenvalue weighted by molar-refractivity contribution is 5.90. The first-order chi connectivity index (χ1) is 10.0. The van der Waals surface area contributed by atoms with Gasteiger partial charge in [-0.05, 0) is 37.8 Å². The fourth-order valence-corrected chi connectivity index (χ4v) is 2.57. The number of hydrogen-bond donors (Lipinski definition) is 2. The maximum absolute atomic E-state index is 12.1. The fourth-order valence-electron chi connectivity index (χ4n) is 2.57. The largest absolute Gasteiger partial charge is 0.376 e. The molecule has 2 rings (SSSR count). The Bertz CT molecular complexity index is 562. The lowest BCUT2D eigenvalue weighted by molar-refractivity contribution is 0.0804. The molecule has 1 aromatic rings. The van der Waals surface area contributed by atoms with Crippen molar-refractivity contribution >= 4 is 11.7 Å². The maximum atomic E-state index is 12.1. The highest BCUT2D eigenvalue weighted by atomic mass is 16.5. The van der Waals surface area contributed by atoms with Gasteiger partial charge in [0.2, 0.25) is 0 Å². The highest BCUT2D eigenvalue weighted by Crippen LogP contribution is 2.17. The zero-order valence-corrected chi connectivity index (χ0v) is 12.8. The van der Waals surface area contributed by atoms with Crippen LogP contribution in [0.3, 0.4) is 0 Å². The summed E-state index contributed by atoms with van der Waals surface area (Å²) < 4.78 is 7.06. The van der Waals surface area contributed by atoms with Crippen LogP contribution in [0.25, 0.3) is 0 Å². The van der Waals surface area contributed by atoms with Crippen molar-refractivity contribution in [3.8, 4) is 0 Å². The standard InChI is InChI=1S/C15H23N3O3/c1-4-11(12-6-5-9-21-12)16-15(20)17-13-10(2)7-8-18(3)14(13)19/h7-8,11-12H,4-6,9H2,1-3H3,(H2,16,17,20)/t11-,12+/m0/s1. The molecular formula is C15H23N3O3. The molecule has 6 heteroatoms. The summed E-state index contributed by atoms with van der Waals surface area (Å²) in [5.41, 5.74) is 0.855. The third-order valence-electron chi connectivity index (χ3n) is 3.89. The van der Waals surface area contributed by atoms with Crippen LogP contribution in [-0.4, -0.2) is 29.4 Å². The second kappa shape index (κ2) is 6.76. The van der Waals surface area contributed by atoms with E-state index < -0.39 is 0 Å². The number of amides is 2. The second-order valence-corrected chi connectivity index (χ2v) is 5.45. The van der Waals surface area contributed by atoms with E-state index in [1.807, 2.05) is 6.92 Å². The average Bonchev–Trinajstić information content (AvgIpc) is 2.99. The Labute approximate surface area is 124 Å². The predicted molar refractivity (Wildman–Crippen MR) is 81.6 cm³/mol. The van der Waals surface area contributed by atoms with Gasteiger partial charge in [-0.1, -0.05) is 6.92 Å². The van der Waals surface area contributed by atoms with Crippen LogP contribution in [0.15, 0.2) is 17.1 Å². The Morgan fingerprint density at radius 2 is 2.33 bits per heavy atom. The molecule has 0 unspecified atom stereocenters. The predicted octanol–water partition coefficient (Wildman–Crippen LogP) is 1.77. The topological polar surface area (TPSA) is 72.4 Å². The summed E-state index contributed by atoms with van der Waals surface area (Å²) in [5.74, 6) is 0. The summed E-state index contributed by atoms with van der Waals surface area (Å²) in [7, 11) is 1.66.